The van der Waals surface area contributed by atoms with Crippen molar-refractivity contribution in [1.29, 1.82) is 0 Å². The summed E-state index contributed by atoms with van der Waals surface area (Å²) in [5.41, 5.74) is 1.03. The molecule has 0 N–H and O–H groups in total. The lowest BCUT2D eigenvalue weighted by Gasteiger charge is -2.09. The van der Waals surface area contributed by atoms with E-state index in [-0.39, 0.29) is 0 Å². The average molecular weight is 178 g/mol. The Hall–Kier alpha value is -1.44. The minimum Gasteiger partial charge on any atom is -0.498 e. The standard InChI is InChI=1S/C11H14O2/c1-9(12-2)11(13-3)10-7-5-4-6-8-10/h4-8H,1-3H3/b11-9-. The number of benzene rings is 1. The lowest BCUT2D eigenvalue weighted by Crippen LogP contribution is -1.93. The zero-order valence-corrected chi connectivity index (χ0v) is 8.20. The van der Waals surface area contributed by atoms with E-state index in [9.17, 15) is 0 Å². The molecule has 0 heterocycles. The van der Waals surface area contributed by atoms with E-state index in [0.717, 1.165) is 17.1 Å². The van der Waals surface area contributed by atoms with Crippen LogP contribution in [0.3, 0.4) is 0 Å². The van der Waals surface area contributed by atoms with Crippen molar-refractivity contribution in [3.05, 3.63) is 41.7 Å². The van der Waals surface area contributed by atoms with Gasteiger partial charge in [0.15, 0.2) is 5.76 Å². The first kappa shape index (κ1) is 9.65. The highest BCUT2D eigenvalue weighted by atomic mass is 16.5. The topological polar surface area (TPSA) is 18.5 Å². The normalized spacial score (nSPS) is 11.9. The van der Waals surface area contributed by atoms with E-state index in [2.05, 4.69) is 0 Å². The third-order valence-electron chi connectivity index (χ3n) is 1.87. The summed E-state index contributed by atoms with van der Waals surface area (Å²) in [6.07, 6.45) is 0. The fraction of sp³-hybridized carbons (Fsp3) is 0.273. The van der Waals surface area contributed by atoms with E-state index in [1.807, 2.05) is 37.3 Å². The first-order chi connectivity index (χ1) is 6.29. The van der Waals surface area contributed by atoms with Crippen LogP contribution in [0.25, 0.3) is 5.76 Å². The Morgan fingerprint density at radius 2 is 1.62 bits per heavy atom. The highest BCUT2D eigenvalue weighted by Crippen LogP contribution is 2.18. The lowest BCUT2D eigenvalue weighted by atomic mass is 10.2. The van der Waals surface area contributed by atoms with Crippen LogP contribution in [0.1, 0.15) is 12.5 Å². The molecule has 0 aliphatic rings. The zero-order chi connectivity index (χ0) is 9.68. The molecule has 0 unspecified atom stereocenters. The van der Waals surface area contributed by atoms with Crippen molar-refractivity contribution in [2.75, 3.05) is 14.2 Å². The van der Waals surface area contributed by atoms with Crippen LogP contribution in [0.15, 0.2) is 36.1 Å². The fourth-order valence-electron chi connectivity index (χ4n) is 1.15. The van der Waals surface area contributed by atoms with E-state index in [4.69, 9.17) is 9.47 Å². The summed E-state index contributed by atoms with van der Waals surface area (Å²) in [6, 6.07) is 9.89. The maximum Gasteiger partial charge on any atom is 0.163 e. The molecule has 0 bridgehead atoms. The maximum atomic E-state index is 5.24. The van der Waals surface area contributed by atoms with Crippen LogP contribution in [0.4, 0.5) is 0 Å². The first-order valence-corrected chi connectivity index (χ1v) is 4.14. The van der Waals surface area contributed by atoms with E-state index in [0.29, 0.717) is 0 Å². The molecular formula is C11H14O2. The molecule has 1 aromatic carbocycles. The van der Waals surface area contributed by atoms with Crippen molar-refractivity contribution >= 4 is 5.76 Å². The van der Waals surface area contributed by atoms with Crippen molar-refractivity contribution in [2.24, 2.45) is 0 Å². The Morgan fingerprint density at radius 1 is 1.00 bits per heavy atom. The van der Waals surface area contributed by atoms with Gasteiger partial charge in [0, 0.05) is 5.56 Å². The summed E-state index contributed by atoms with van der Waals surface area (Å²) in [5.74, 6) is 1.57. The molecule has 0 atom stereocenters. The van der Waals surface area contributed by atoms with Crippen LogP contribution >= 0.6 is 0 Å². The Morgan fingerprint density at radius 3 is 2.08 bits per heavy atom. The predicted molar refractivity (Wildman–Crippen MR) is 53.1 cm³/mol. The van der Waals surface area contributed by atoms with Crippen LogP contribution in [-0.4, -0.2) is 14.2 Å². The smallest absolute Gasteiger partial charge is 0.163 e. The van der Waals surface area contributed by atoms with Crippen molar-refractivity contribution < 1.29 is 9.47 Å². The van der Waals surface area contributed by atoms with Crippen LogP contribution in [0, 0.1) is 0 Å². The molecule has 0 fully saturated rings. The van der Waals surface area contributed by atoms with E-state index >= 15 is 0 Å². The summed E-state index contributed by atoms with van der Waals surface area (Å²) < 4.78 is 10.4. The second-order valence-electron chi connectivity index (χ2n) is 2.66. The van der Waals surface area contributed by atoms with Crippen LogP contribution in [0.5, 0.6) is 0 Å². The Kier molecular flexibility index (Phi) is 3.38. The lowest BCUT2D eigenvalue weighted by molar-refractivity contribution is 0.267. The molecular weight excluding hydrogens is 164 g/mol. The highest BCUT2D eigenvalue weighted by Gasteiger charge is 2.04. The summed E-state index contributed by atoms with van der Waals surface area (Å²) in [7, 11) is 3.28. The third-order valence-corrected chi connectivity index (χ3v) is 1.87. The van der Waals surface area contributed by atoms with Gasteiger partial charge in [-0.3, -0.25) is 0 Å². The second-order valence-corrected chi connectivity index (χ2v) is 2.66. The number of methoxy groups -OCH3 is 2. The molecule has 0 aliphatic heterocycles. The number of rotatable bonds is 3. The minimum absolute atomic E-state index is 0.781. The van der Waals surface area contributed by atoms with Gasteiger partial charge in [-0.2, -0.15) is 0 Å². The zero-order valence-electron chi connectivity index (χ0n) is 8.20. The fourth-order valence-corrected chi connectivity index (χ4v) is 1.15. The van der Waals surface area contributed by atoms with Gasteiger partial charge in [-0.25, -0.2) is 0 Å². The van der Waals surface area contributed by atoms with E-state index in [1.165, 1.54) is 0 Å². The minimum atomic E-state index is 0.781. The van der Waals surface area contributed by atoms with Gasteiger partial charge in [-0.05, 0) is 6.92 Å². The molecule has 0 aromatic heterocycles. The Labute approximate surface area is 78.8 Å². The molecule has 2 nitrogen and oxygen atoms in total. The van der Waals surface area contributed by atoms with Gasteiger partial charge >= 0.3 is 0 Å². The molecule has 0 saturated heterocycles. The number of allylic oxidation sites excluding steroid dienone is 1. The van der Waals surface area contributed by atoms with Crippen LogP contribution in [-0.2, 0) is 9.47 Å². The molecule has 0 amide bonds. The van der Waals surface area contributed by atoms with Crippen molar-refractivity contribution in [2.45, 2.75) is 6.92 Å². The van der Waals surface area contributed by atoms with Gasteiger partial charge < -0.3 is 9.47 Å². The number of hydrogen-bond acceptors (Lipinski definition) is 2. The molecule has 13 heavy (non-hydrogen) atoms. The van der Waals surface area contributed by atoms with Gasteiger partial charge in [0.05, 0.1) is 14.2 Å². The molecule has 0 radical (unpaired) electrons. The number of hydrogen-bond donors (Lipinski definition) is 0. The average Bonchev–Trinajstić information content (AvgIpc) is 2.20. The predicted octanol–water partition coefficient (Wildman–Crippen LogP) is 2.67. The van der Waals surface area contributed by atoms with Crippen LogP contribution in [0.2, 0.25) is 0 Å². The summed E-state index contributed by atoms with van der Waals surface area (Å²) >= 11 is 0. The summed E-state index contributed by atoms with van der Waals surface area (Å²) in [6.45, 7) is 1.88. The second kappa shape index (κ2) is 4.55. The van der Waals surface area contributed by atoms with Gasteiger partial charge in [0.25, 0.3) is 0 Å². The Bertz CT molecular complexity index is 288. The van der Waals surface area contributed by atoms with E-state index < -0.39 is 0 Å². The monoisotopic (exact) mass is 178 g/mol. The van der Waals surface area contributed by atoms with Gasteiger partial charge in [-0.15, -0.1) is 0 Å². The quantitative estimate of drug-likeness (QED) is 0.662. The largest absolute Gasteiger partial charge is 0.498 e. The molecule has 1 aromatic rings. The van der Waals surface area contributed by atoms with Crippen LogP contribution < -0.4 is 0 Å². The van der Waals surface area contributed by atoms with Gasteiger partial charge in [0.2, 0.25) is 0 Å². The molecule has 70 valence electrons. The maximum absolute atomic E-state index is 5.24. The molecule has 0 spiro atoms. The molecule has 1 rings (SSSR count). The van der Waals surface area contributed by atoms with Gasteiger partial charge in [-0.1, -0.05) is 30.3 Å². The highest BCUT2D eigenvalue weighted by molar-refractivity contribution is 5.61. The number of ether oxygens (including phenoxy) is 2. The molecule has 2 heteroatoms. The molecule has 0 saturated carbocycles. The van der Waals surface area contributed by atoms with E-state index in [1.54, 1.807) is 14.2 Å². The van der Waals surface area contributed by atoms with Crippen molar-refractivity contribution in [3.63, 3.8) is 0 Å². The SMILES string of the molecule is CO/C(C)=C(\OC)c1ccccc1. The first-order valence-electron chi connectivity index (χ1n) is 4.14. The van der Waals surface area contributed by atoms with Crippen molar-refractivity contribution in [3.8, 4) is 0 Å². The summed E-state index contributed by atoms with van der Waals surface area (Å²) in [5, 5.41) is 0. The molecule has 0 aliphatic carbocycles. The van der Waals surface area contributed by atoms with Gasteiger partial charge in [0.1, 0.15) is 5.76 Å². The van der Waals surface area contributed by atoms with Crippen molar-refractivity contribution in [1.82, 2.24) is 0 Å². The summed E-state index contributed by atoms with van der Waals surface area (Å²) in [4.78, 5) is 0. The third kappa shape index (κ3) is 2.25. The Balaban J connectivity index is 3.05.